The molecule has 1 saturated heterocycles. The van der Waals surface area contributed by atoms with Gasteiger partial charge in [-0.1, -0.05) is 11.6 Å². The van der Waals surface area contributed by atoms with Gasteiger partial charge in [0.2, 0.25) is 5.43 Å². The molecule has 1 aliphatic heterocycles. The van der Waals surface area contributed by atoms with Gasteiger partial charge in [0.05, 0.1) is 22.2 Å². The van der Waals surface area contributed by atoms with Crippen LogP contribution in [0.1, 0.15) is 58.0 Å². The first kappa shape index (κ1) is 24.0. The summed E-state index contributed by atoms with van der Waals surface area (Å²) in [6, 6.07) is 10.9. The second-order valence-electron chi connectivity index (χ2n) is 9.16. The van der Waals surface area contributed by atoms with Gasteiger partial charge in [-0.15, -0.1) is 0 Å². The van der Waals surface area contributed by atoms with Gasteiger partial charge >= 0.3 is 0 Å². The van der Waals surface area contributed by atoms with Crippen molar-refractivity contribution in [2.75, 3.05) is 13.1 Å². The van der Waals surface area contributed by atoms with Crippen LogP contribution < -0.4 is 16.2 Å². The Kier molecular flexibility index (Phi) is 6.48. The van der Waals surface area contributed by atoms with Crippen molar-refractivity contribution < 1.29 is 14.0 Å². The van der Waals surface area contributed by atoms with Crippen molar-refractivity contribution in [1.29, 1.82) is 5.26 Å². The fourth-order valence-corrected chi connectivity index (χ4v) is 4.62. The third-order valence-electron chi connectivity index (χ3n) is 6.63. The number of hydrogen-bond donors (Lipinski definition) is 2. The van der Waals surface area contributed by atoms with Crippen molar-refractivity contribution in [1.82, 2.24) is 20.3 Å². The van der Waals surface area contributed by atoms with E-state index in [1.807, 2.05) is 10.6 Å². The van der Waals surface area contributed by atoms with Gasteiger partial charge in [0.15, 0.2) is 0 Å². The number of piperidine rings is 1. The minimum Gasteiger partial charge on any atom is -0.349 e. The Morgan fingerprint density at radius 2 is 1.75 bits per heavy atom. The number of rotatable bonds is 5. The molecule has 36 heavy (non-hydrogen) atoms. The Labute approximate surface area is 211 Å². The second-order valence-corrected chi connectivity index (χ2v) is 9.57. The van der Waals surface area contributed by atoms with Gasteiger partial charge in [-0.25, -0.2) is 9.40 Å². The maximum atomic E-state index is 14.1. The number of halogens is 2. The van der Waals surface area contributed by atoms with E-state index in [0.717, 1.165) is 18.9 Å². The number of carbonyl (C=O) groups is 2. The van der Waals surface area contributed by atoms with Gasteiger partial charge in [-0.05, 0) is 62.1 Å². The van der Waals surface area contributed by atoms with Crippen LogP contribution in [-0.2, 0) is 0 Å². The Morgan fingerprint density at radius 1 is 1.06 bits per heavy atom. The summed E-state index contributed by atoms with van der Waals surface area (Å²) < 4.78 is 16.0. The molecule has 5 rings (SSSR count). The summed E-state index contributed by atoms with van der Waals surface area (Å²) in [7, 11) is 0. The number of amides is 2. The molecular weight excluding hydrogens is 485 g/mol. The molecule has 0 spiro atoms. The average Bonchev–Trinajstić information content (AvgIpc) is 3.72. The van der Waals surface area contributed by atoms with E-state index in [2.05, 4.69) is 10.7 Å². The highest BCUT2D eigenvalue weighted by Gasteiger charge is 2.29. The molecule has 1 saturated carbocycles. The van der Waals surface area contributed by atoms with E-state index in [9.17, 15) is 18.8 Å². The van der Waals surface area contributed by atoms with E-state index in [0.29, 0.717) is 42.6 Å². The van der Waals surface area contributed by atoms with Crippen LogP contribution in [0.2, 0.25) is 5.02 Å². The maximum Gasteiger partial charge on any atom is 0.265 e. The van der Waals surface area contributed by atoms with Crippen LogP contribution in [0, 0.1) is 17.1 Å². The Morgan fingerprint density at radius 3 is 2.39 bits per heavy atom. The van der Waals surface area contributed by atoms with Gasteiger partial charge in [0, 0.05) is 42.3 Å². The molecule has 2 amide bonds. The maximum absolute atomic E-state index is 14.1. The number of pyridine rings is 1. The van der Waals surface area contributed by atoms with Crippen molar-refractivity contribution in [3.63, 3.8) is 0 Å². The fourth-order valence-electron chi connectivity index (χ4n) is 4.46. The first-order valence-corrected chi connectivity index (χ1v) is 12.1. The Bertz CT molecular complexity index is 1450. The molecule has 3 aromatic rings. The number of benzene rings is 2. The van der Waals surface area contributed by atoms with Crippen molar-refractivity contribution in [2.24, 2.45) is 0 Å². The third kappa shape index (κ3) is 4.83. The van der Waals surface area contributed by atoms with Crippen LogP contribution in [0.25, 0.3) is 10.9 Å². The zero-order valence-corrected chi connectivity index (χ0v) is 20.0. The first-order valence-electron chi connectivity index (χ1n) is 11.7. The van der Waals surface area contributed by atoms with E-state index < -0.39 is 17.2 Å². The van der Waals surface area contributed by atoms with Crippen LogP contribution in [0.5, 0.6) is 0 Å². The molecule has 184 valence electrons. The summed E-state index contributed by atoms with van der Waals surface area (Å²) in [5.41, 5.74) is 3.75. The fraction of sp³-hybridized carbons (Fsp3) is 0.308. The predicted octanol–water partition coefficient (Wildman–Crippen LogP) is 3.54. The zero-order chi connectivity index (χ0) is 25.4. The lowest BCUT2D eigenvalue weighted by atomic mass is 10.0. The molecule has 2 aliphatic rings. The largest absolute Gasteiger partial charge is 0.349 e. The molecule has 0 atom stereocenters. The number of fused-ring (bicyclic) bond motifs is 1. The summed E-state index contributed by atoms with van der Waals surface area (Å²) in [5, 5.41) is 13.7. The number of carbonyl (C=O) groups excluding carboxylic acids is 2. The molecular formula is C26H23ClFN5O3. The highest BCUT2D eigenvalue weighted by molar-refractivity contribution is 6.31. The molecule has 8 nitrogen and oxygen atoms in total. The quantitative estimate of drug-likeness (QED) is 0.549. The number of nitrogens with zero attached hydrogens (tertiary/aromatic N) is 3. The number of nitrogens with one attached hydrogen (secondary N) is 2. The molecule has 2 N–H and O–H groups in total. The van der Waals surface area contributed by atoms with Crippen molar-refractivity contribution in [2.45, 2.75) is 37.8 Å². The Balaban J connectivity index is 1.25. The monoisotopic (exact) mass is 507 g/mol. The molecule has 2 fully saturated rings. The standard InChI is InChI=1S/C26H23ClFN5O3/c27-21-12-23-19(11-22(21)28)24(34)20(14-33(23)18-5-6-18)26(36)30-17-7-9-32(10-8-17)31-25(35)16-3-1-15(13-29)2-4-16/h1-4,11-12,14,17-18H,5-10H2,(H,30,36)(H,31,35). The van der Waals surface area contributed by atoms with Crippen LogP contribution >= 0.6 is 11.6 Å². The predicted molar refractivity (Wildman–Crippen MR) is 132 cm³/mol. The summed E-state index contributed by atoms with van der Waals surface area (Å²) in [6.07, 6.45) is 4.54. The SMILES string of the molecule is N#Cc1ccc(C(=O)NN2CCC(NC(=O)c3cn(C4CC4)c4cc(Cl)c(F)cc4c3=O)CC2)cc1. The third-order valence-corrected chi connectivity index (χ3v) is 6.91. The number of aromatic nitrogens is 1. The van der Waals surface area contributed by atoms with Crippen LogP contribution in [0.4, 0.5) is 4.39 Å². The summed E-state index contributed by atoms with van der Waals surface area (Å²) in [4.78, 5) is 38.6. The van der Waals surface area contributed by atoms with Gasteiger partial charge in [0.1, 0.15) is 11.4 Å². The molecule has 0 unspecified atom stereocenters. The van der Waals surface area contributed by atoms with E-state index in [1.54, 1.807) is 35.5 Å². The smallest absolute Gasteiger partial charge is 0.265 e. The molecule has 0 bridgehead atoms. The van der Waals surface area contributed by atoms with Crippen LogP contribution in [0.3, 0.4) is 0 Å². The minimum absolute atomic E-state index is 0.0207. The van der Waals surface area contributed by atoms with E-state index in [4.69, 9.17) is 16.9 Å². The normalized spacial score (nSPS) is 16.5. The first-order chi connectivity index (χ1) is 17.3. The number of hydrogen-bond acceptors (Lipinski definition) is 5. The minimum atomic E-state index is -0.698. The lowest BCUT2D eigenvalue weighted by Crippen LogP contribution is -2.51. The highest BCUT2D eigenvalue weighted by Crippen LogP contribution is 2.37. The van der Waals surface area contributed by atoms with E-state index >= 15 is 0 Å². The average molecular weight is 508 g/mol. The zero-order valence-electron chi connectivity index (χ0n) is 19.3. The van der Waals surface area contributed by atoms with E-state index in [-0.39, 0.29) is 34.0 Å². The number of hydrazine groups is 1. The molecule has 2 aromatic carbocycles. The lowest BCUT2D eigenvalue weighted by molar-refractivity contribution is 0.0701. The summed E-state index contributed by atoms with van der Waals surface area (Å²) in [6.45, 7) is 1.03. The molecule has 0 radical (unpaired) electrons. The van der Waals surface area contributed by atoms with Gasteiger partial charge in [-0.3, -0.25) is 19.8 Å². The second kappa shape index (κ2) is 9.72. The van der Waals surface area contributed by atoms with Gasteiger partial charge in [0.25, 0.3) is 11.8 Å². The molecule has 10 heteroatoms. The molecule has 2 heterocycles. The van der Waals surface area contributed by atoms with Crippen molar-refractivity contribution >= 4 is 34.3 Å². The van der Waals surface area contributed by atoms with Gasteiger partial charge in [-0.2, -0.15) is 5.26 Å². The van der Waals surface area contributed by atoms with Crippen molar-refractivity contribution in [3.8, 4) is 6.07 Å². The van der Waals surface area contributed by atoms with E-state index in [1.165, 1.54) is 6.07 Å². The molecule has 1 aromatic heterocycles. The summed E-state index contributed by atoms with van der Waals surface area (Å²) >= 11 is 5.95. The number of nitriles is 1. The molecule has 1 aliphatic carbocycles. The highest BCUT2D eigenvalue weighted by atomic mass is 35.5. The lowest BCUT2D eigenvalue weighted by Gasteiger charge is -2.32. The summed E-state index contributed by atoms with van der Waals surface area (Å²) in [5.74, 6) is -1.46. The van der Waals surface area contributed by atoms with Gasteiger partial charge < -0.3 is 9.88 Å². The topological polar surface area (TPSA) is 107 Å². The van der Waals surface area contributed by atoms with Crippen LogP contribution in [0.15, 0.2) is 47.4 Å². The van der Waals surface area contributed by atoms with Crippen molar-refractivity contribution in [3.05, 3.63) is 80.3 Å². The Hall–Kier alpha value is -3.74. The van der Waals surface area contributed by atoms with Crippen LogP contribution in [-0.4, -0.2) is 40.5 Å².